The van der Waals surface area contributed by atoms with Gasteiger partial charge >= 0.3 is 0 Å². The summed E-state index contributed by atoms with van der Waals surface area (Å²) in [4.78, 5) is 16.2. The lowest BCUT2D eigenvalue weighted by Gasteiger charge is -2.12. The quantitative estimate of drug-likeness (QED) is 0.511. The molecule has 10 heteroatoms. The van der Waals surface area contributed by atoms with Crippen LogP contribution in [0.3, 0.4) is 0 Å². The number of sulfonamides is 1. The van der Waals surface area contributed by atoms with Gasteiger partial charge in [0.1, 0.15) is 23.1 Å². The summed E-state index contributed by atoms with van der Waals surface area (Å²) in [5, 5.41) is 2.50. The number of hydrogen-bond donors (Lipinski definition) is 2. The van der Waals surface area contributed by atoms with Crippen LogP contribution in [-0.4, -0.2) is 35.7 Å². The Morgan fingerprint density at radius 1 is 1.19 bits per heavy atom. The van der Waals surface area contributed by atoms with Crippen molar-refractivity contribution in [3.8, 4) is 11.4 Å². The zero-order valence-corrected chi connectivity index (χ0v) is 18.8. The first-order chi connectivity index (χ1) is 15.1. The van der Waals surface area contributed by atoms with Gasteiger partial charge in [0, 0.05) is 24.6 Å². The molecule has 0 bridgehead atoms. The van der Waals surface area contributed by atoms with E-state index in [4.69, 9.17) is 4.74 Å². The first kappa shape index (κ1) is 23.3. The Hall–Kier alpha value is -3.40. The maximum Gasteiger partial charge on any atom is 0.241 e. The number of amides is 1. The van der Waals surface area contributed by atoms with Crippen LogP contribution in [0.2, 0.25) is 0 Å². The predicted molar refractivity (Wildman–Crippen MR) is 120 cm³/mol. The molecule has 2 N–H and O–H groups in total. The van der Waals surface area contributed by atoms with Gasteiger partial charge in [-0.25, -0.2) is 17.8 Å². The van der Waals surface area contributed by atoms with Gasteiger partial charge in [-0.15, -0.1) is 0 Å². The Morgan fingerprint density at radius 3 is 2.50 bits per heavy atom. The second kappa shape index (κ2) is 9.82. The van der Waals surface area contributed by atoms with Gasteiger partial charge in [-0.05, 0) is 62.7 Å². The van der Waals surface area contributed by atoms with Crippen LogP contribution in [0.15, 0.2) is 54.9 Å². The standard InChI is InChI=1S/C22H25FN4O4S/c1-15(2)31-19-7-5-18(6-8-19)26-32(29,30)14-22(28)25-13-17-4-9-21(20(23)12-17)27-11-10-24-16(27)3/h4-12,15,26H,13-14H2,1-3H3,(H,25,28). The molecule has 0 saturated carbocycles. The van der Waals surface area contributed by atoms with Crippen LogP contribution in [-0.2, 0) is 21.4 Å². The van der Waals surface area contributed by atoms with Gasteiger partial charge in [0.2, 0.25) is 15.9 Å². The first-order valence-corrected chi connectivity index (χ1v) is 11.6. The minimum absolute atomic E-state index is 0.000865. The highest BCUT2D eigenvalue weighted by Crippen LogP contribution is 2.18. The molecule has 0 aliphatic rings. The normalized spacial score (nSPS) is 11.4. The van der Waals surface area contributed by atoms with Crippen molar-refractivity contribution in [3.05, 3.63) is 72.1 Å². The SMILES string of the molecule is Cc1nccn1-c1ccc(CNC(=O)CS(=O)(=O)Nc2ccc(OC(C)C)cc2)cc1F. The number of carbonyl (C=O) groups is 1. The lowest BCUT2D eigenvalue weighted by atomic mass is 10.2. The summed E-state index contributed by atoms with van der Waals surface area (Å²) >= 11 is 0. The first-order valence-electron chi connectivity index (χ1n) is 9.95. The molecule has 1 amide bonds. The van der Waals surface area contributed by atoms with Gasteiger partial charge in [-0.2, -0.15) is 0 Å². The molecule has 170 valence electrons. The highest BCUT2D eigenvalue weighted by Gasteiger charge is 2.17. The molecule has 0 unspecified atom stereocenters. The average Bonchev–Trinajstić information content (AvgIpc) is 3.12. The number of nitrogens with zero attached hydrogens (tertiary/aromatic N) is 2. The van der Waals surface area contributed by atoms with Gasteiger partial charge in [-0.1, -0.05) is 6.07 Å². The summed E-state index contributed by atoms with van der Waals surface area (Å²) < 4.78 is 48.5. The third kappa shape index (κ3) is 6.30. The van der Waals surface area contributed by atoms with Crippen molar-refractivity contribution in [2.75, 3.05) is 10.5 Å². The maximum absolute atomic E-state index is 14.5. The Bertz CT molecular complexity index is 1190. The molecule has 0 aliphatic carbocycles. The zero-order valence-electron chi connectivity index (χ0n) is 18.0. The number of ether oxygens (including phenoxy) is 1. The van der Waals surface area contributed by atoms with E-state index in [0.29, 0.717) is 28.5 Å². The Labute approximate surface area is 186 Å². The number of benzene rings is 2. The second-order valence-electron chi connectivity index (χ2n) is 7.46. The fourth-order valence-electron chi connectivity index (χ4n) is 3.00. The molecule has 0 fully saturated rings. The molecular formula is C22H25FN4O4S. The van der Waals surface area contributed by atoms with Crippen LogP contribution in [0, 0.1) is 12.7 Å². The van der Waals surface area contributed by atoms with Gasteiger partial charge in [0.25, 0.3) is 0 Å². The highest BCUT2D eigenvalue weighted by atomic mass is 32.2. The molecule has 2 aromatic carbocycles. The summed E-state index contributed by atoms with van der Waals surface area (Å²) in [7, 11) is -3.91. The van der Waals surface area contributed by atoms with Crippen LogP contribution in [0.4, 0.5) is 10.1 Å². The van der Waals surface area contributed by atoms with Crippen molar-refractivity contribution < 1.29 is 22.3 Å². The number of anilines is 1. The molecule has 0 atom stereocenters. The van der Waals surface area contributed by atoms with Crippen molar-refractivity contribution in [2.45, 2.75) is 33.4 Å². The molecule has 1 aromatic heterocycles. The molecule has 1 heterocycles. The molecule has 0 radical (unpaired) electrons. The third-order valence-corrected chi connectivity index (χ3v) is 5.60. The van der Waals surface area contributed by atoms with Crippen molar-refractivity contribution >= 4 is 21.6 Å². The lowest BCUT2D eigenvalue weighted by molar-refractivity contribution is -0.118. The number of rotatable bonds is 9. The summed E-state index contributed by atoms with van der Waals surface area (Å²) in [6.45, 7) is 5.53. The van der Waals surface area contributed by atoms with Gasteiger partial charge in [0.05, 0.1) is 11.8 Å². The van der Waals surface area contributed by atoms with E-state index in [1.54, 1.807) is 60.3 Å². The van der Waals surface area contributed by atoms with E-state index >= 15 is 0 Å². The highest BCUT2D eigenvalue weighted by molar-refractivity contribution is 7.93. The summed E-state index contributed by atoms with van der Waals surface area (Å²) in [5.41, 5.74) is 1.16. The van der Waals surface area contributed by atoms with E-state index < -0.39 is 27.5 Å². The Morgan fingerprint density at radius 2 is 1.91 bits per heavy atom. The lowest BCUT2D eigenvalue weighted by Crippen LogP contribution is -2.32. The zero-order chi connectivity index (χ0) is 23.3. The van der Waals surface area contributed by atoms with Crippen molar-refractivity contribution in [3.63, 3.8) is 0 Å². The van der Waals surface area contributed by atoms with Gasteiger partial charge in [0.15, 0.2) is 0 Å². The fraction of sp³-hybridized carbons (Fsp3) is 0.273. The Kier molecular flexibility index (Phi) is 7.14. The maximum atomic E-state index is 14.5. The molecule has 3 aromatic rings. The van der Waals surface area contributed by atoms with Crippen LogP contribution in [0.5, 0.6) is 5.75 Å². The van der Waals surface area contributed by atoms with E-state index in [-0.39, 0.29) is 12.6 Å². The molecule has 0 aliphatic heterocycles. The van der Waals surface area contributed by atoms with E-state index in [9.17, 15) is 17.6 Å². The van der Waals surface area contributed by atoms with E-state index in [1.807, 2.05) is 13.8 Å². The third-order valence-electron chi connectivity index (χ3n) is 4.41. The molecular weight excluding hydrogens is 435 g/mol. The van der Waals surface area contributed by atoms with E-state index in [0.717, 1.165) is 0 Å². The fourth-order valence-corrected chi connectivity index (χ4v) is 4.02. The van der Waals surface area contributed by atoms with E-state index in [1.165, 1.54) is 6.07 Å². The minimum Gasteiger partial charge on any atom is -0.491 e. The number of aromatic nitrogens is 2. The smallest absolute Gasteiger partial charge is 0.241 e. The largest absolute Gasteiger partial charge is 0.491 e. The summed E-state index contributed by atoms with van der Waals surface area (Å²) in [6, 6.07) is 10.9. The second-order valence-corrected chi connectivity index (χ2v) is 9.18. The summed E-state index contributed by atoms with van der Waals surface area (Å²) in [5.74, 6) is -0.678. The van der Waals surface area contributed by atoms with Gasteiger partial charge < -0.3 is 14.6 Å². The number of aryl methyl sites for hydroxylation is 1. The number of carbonyl (C=O) groups excluding carboxylic acids is 1. The Balaban J connectivity index is 1.55. The summed E-state index contributed by atoms with van der Waals surface area (Å²) in [6.07, 6.45) is 3.23. The van der Waals surface area contributed by atoms with Crippen LogP contribution in [0.1, 0.15) is 25.2 Å². The molecule has 0 spiro atoms. The predicted octanol–water partition coefficient (Wildman–Crippen LogP) is 3.17. The van der Waals surface area contributed by atoms with Crippen LogP contribution >= 0.6 is 0 Å². The van der Waals surface area contributed by atoms with Crippen molar-refractivity contribution in [2.24, 2.45) is 0 Å². The molecule has 3 rings (SSSR count). The number of halogens is 1. The van der Waals surface area contributed by atoms with Crippen LogP contribution < -0.4 is 14.8 Å². The van der Waals surface area contributed by atoms with Crippen molar-refractivity contribution in [1.29, 1.82) is 0 Å². The average molecular weight is 461 g/mol. The number of imidazole rings is 1. The topological polar surface area (TPSA) is 102 Å². The number of hydrogen-bond acceptors (Lipinski definition) is 5. The van der Waals surface area contributed by atoms with Gasteiger partial charge in [-0.3, -0.25) is 9.52 Å². The molecule has 0 saturated heterocycles. The monoisotopic (exact) mass is 460 g/mol. The van der Waals surface area contributed by atoms with Crippen molar-refractivity contribution in [1.82, 2.24) is 14.9 Å². The van der Waals surface area contributed by atoms with Crippen LogP contribution in [0.25, 0.3) is 5.69 Å². The number of nitrogens with one attached hydrogen (secondary N) is 2. The van der Waals surface area contributed by atoms with E-state index in [2.05, 4.69) is 15.0 Å². The molecule has 8 nitrogen and oxygen atoms in total. The minimum atomic E-state index is -3.91. The molecule has 32 heavy (non-hydrogen) atoms.